The summed E-state index contributed by atoms with van der Waals surface area (Å²) in [5.41, 5.74) is 3.07. The molecule has 3 fully saturated rings. The number of β-amino-alcohol motifs (C(OH)–C–C–N with tert-alkyl or cyclic N) is 1. The Labute approximate surface area is 199 Å². The van der Waals surface area contributed by atoms with Crippen LogP contribution in [-0.4, -0.2) is 87.9 Å². The molecule has 0 radical (unpaired) electrons. The van der Waals surface area contributed by atoms with Crippen LogP contribution in [0.15, 0.2) is 24.4 Å². The standard InChI is InChI=1S/C25H32N6O3/c1-16-8-18-11-26-31(23-10-22(27-24(28-23)33-3)30-14-25(2,32)15-30)21(18)9-20(16)17-4-6-29(7-5-17)19-12-34-13-19/h8-11,17,19,32H,4-7,12-15H2,1-3H3. The van der Waals surface area contributed by atoms with Gasteiger partial charge in [-0.3, -0.25) is 4.90 Å². The summed E-state index contributed by atoms with van der Waals surface area (Å²) in [7, 11) is 1.57. The average Bonchev–Trinajstić information content (AvgIpc) is 3.18. The van der Waals surface area contributed by atoms with Gasteiger partial charge in [0.25, 0.3) is 0 Å². The van der Waals surface area contributed by atoms with Crippen molar-refractivity contribution in [1.29, 1.82) is 0 Å². The average molecular weight is 465 g/mol. The molecule has 0 atom stereocenters. The summed E-state index contributed by atoms with van der Waals surface area (Å²) >= 11 is 0. The summed E-state index contributed by atoms with van der Waals surface area (Å²) in [5, 5.41) is 15.9. The third-order valence-corrected chi connectivity index (χ3v) is 7.53. The van der Waals surface area contributed by atoms with Crippen molar-refractivity contribution in [2.24, 2.45) is 0 Å². The molecule has 0 unspecified atom stereocenters. The molecule has 9 nitrogen and oxygen atoms in total. The van der Waals surface area contributed by atoms with Crippen LogP contribution in [0, 0.1) is 6.92 Å². The van der Waals surface area contributed by atoms with Crippen molar-refractivity contribution in [2.75, 3.05) is 51.4 Å². The normalized spacial score (nSPS) is 21.5. The summed E-state index contributed by atoms with van der Waals surface area (Å²) in [6.07, 6.45) is 4.22. The van der Waals surface area contributed by atoms with Gasteiger partial charge in [-0.25, -0.2) is 4.68 Å². The fourth-order valence-electron chi connectivity index (χ4n) is 5.54. The molecule has 3 aliphatic rings. The maximum absolute atomic E-state index is 10.2. The first-order chi connectivity index (χ1) is 16.4. The third kappa shape index (κ3) is 3.81. The van der Waals surface area contributed by atoms with E-state index in [-0.39, 0.29) is 0 Å². The number of nitrogens with zero attached hydrogens (tertiary/aromatic N) is 6. The molecule has 1 aromatic carbocycles. The molecule has 0 bridgehead atoms. The second-order valence-electron chi connectivity index (χ2n) is 10.2. The highest BCUT2D eigenvalue weighted by Crippen LogP contribution is 2.35. The van der Waals surface area contributed by atoms with Gasteiger partial charge >= 0.3 is 6.01 Å². The maximum Gasteiger partial charge on any atom is 0.320 e. The van der Waals surface area contributed by atoms with E-state index in [1.54, 1.807) is 7.11 Å². The molecule has 6 rings (SSSR count). The van der Waals surface area contributed by atoms with Crippen LogP contribution in [-0.2, 0) is 4.74 Å². The number of anilines is 1. The first kappa shape index (κ1) is 21.8. The van der Waals surface area contributed by atoms with Crippen molar-refractivity contribution in [3.05, 3.63) is 35.5 Å². The quantitative estimate of drug-likeness (QED) is 0.615. The fraction of sp³-hybridized carbons (Fsp3) is 0.560. The van der Waals surface area contributed by atoms with Crippen LogP contribution < -0.4 is 9.64 Å². The molecular formula is C25H32N6O3. The fourth-order valence-corrected chi connectivity index (χ4v) is 5.54. The number of piperidine rings is 1. The van der Waals surface area contributed by atoms with E-state index in [9.17, 15) is 5.11 Å². The predicted octanol–water partition coefficient (Wildman–Crippen LogP) is 2.28. The summed E-state index contributed by atoms with van der Waals surface area (Å²) in [6.45, 7) is 9.12. The van der Waals surface area contributed by atoms with E-state index in [2.05, 4.69) is 39.0 Å². The highest BCUT2D eigenvalue weighted by atomic mass is 16.5. The molecule has 0 spiro atoms. The Kier molecular flexibility index (Phi) is 5.24. The number of rotatable bonds is 5. The van der Waals surface area contributed by atoms with E-state index in [4.69, 9.17) is 9.47 Å². The molecule has 3 saturated heterocycles. The number of hydrogen-bond acceptors (Lipinski definition) is 8. The van der Waals surface area contributed by atoms with E-state index in [1.165, 1.54) is 11.1 Å². The van der Waals surface area contributed by atoms with E-state index in [1.807, 2.05) is 28.8 Å². The van der Waals surface area contributed by atoms with Gasteiger partial charge in [0.1, 0.15) is 5.82 Å². The number of aliphatic hydroxyl groups is 1. The number of aryl methyl sites for hydroxylation is 1. The molecule has 1 N–H and O–H groups in total. The smallest absolute Gasteiger partial charge is 0.320 e. The van der Waals surface area contributed by atoms with Crippen LogP contribution in [0.4, 0.5) is 5.82 Å². The lowest BCUT2D eigenvalue weighted by Crippen LogP contribution is -2.60. The number of ether oxygens (including phenoxy) is 2. The first-order valence-corrected chi connectivity index (χ1v) is 12.1. The number of hydrogen-bond donors (Lipinski definition) is 1. The highest BCUT2D eigenvalue weighted by Gasteiger charge is 2.38. The van der Waals surface area contributed by atoms with Crippen LogP contribution in [0.2, 0.25) is 0 Å². The van der Waals surface area contributed by atoms with E-state index in [0.717, 1.165) is 55.9 Å². The molecule has 180 valence electrons. The van der Waals surface area contributed by atoms with Crippen LogP contribution in [0.3, 0.4) is 0 Å². The minimum atomic E-state index is -0.690. The molecular weight excluding hydrogens is 432 g/mol. The van der Waals surface area contributed by atoms with Gasteiger partial charge < -0.3 is 19.5 Å². The lowest BCUT2D eigenvalue weighted by molar-refractivity contribution is -0.0712. The molecule has 0 aliphatic carbocycles. The summed E-state index contributed by atoms with van der Waals surface area (Å²) in [5.74, 6) is 1.94. The molecule has 0 amide bonds. The Morgan fingerprint density at radius 3 is 2.47 bits per heavy atom. The Bertz CT molecular complexity index is 1200. The Balaban J connectivity index is 1.32. The van der Waals surface area contributed by atoms with E-state index in [0.29, 0.717) is 36.9 Å². The molecule has 9 heteroatoms. The second kappa shape index (κ2) is 8.18. The van der Waals surface area contributed by atoms with E-state index < -0.39 is 5.60 Å². The molecule has 3 aromatic rings. The lowest BCUT2D eigenvalue weighted by atomic mass is 9.85. The van der Waals surface area contributed by atoms with Crippen LogP contribution in [0.1, 0.15) is 36.8 Å². The molecule has 0 saturated carbocycles. The van der Waals surface area contributed by atoms with Gasteiger partial charge in [-0.05, 0) is 69.0 Å². The van der Waals surface area contributed by atoms with Crippen LogP contribution >= 0.6 is 0 Å². The topological polar surface area (TPSA) is 88.8 Å². The molecule has 3 aliphatic heterocycles. The summed E-state index contributed by atoms with van der Waals surface area (Å²) in [6, 6.07) is 7.37. The first-order valence-electron chi connectivity index (χ1n) is 12.1. The number of fused-ring (bicyclic) bond motifs is 1. The Morgan fingerprint density at radius 1 is 1.09 bits per heavy atom. The number of benzene rings is 1. The zero-order chi connectivity index (χ0) is 23.4. The predicted molar refractivity (Wildman–Crippen MR) is 129 cm³/mol. The number of likely N-dealkylation sites (tertiary alicyclic amines) is 1. The van der Waals surface area contributed by atoms with Gasteiger partial charge in [-0.15, -0.1) is 0 Å². The van der Waals surface area contributed by atoms with Gasteiger partial charge in [-0.1, -0.05) is 0 Å². The number of aromatic nitrogens is 4. The second-order valence-corrected chi connectivity index (χ2v) is 10.2. The van der Waals surface area contributed by atoms with Crippen molar-refractivity contribution in [1.82, 2.24) is 24.6 Å². The largest absolute Gasteiger partial charge is 0.467 e. The summed E-state index contributed by atoms with van der Waals surface area (Å²) < 4.78 is 12.7. The van der Waals surface area contributed by atoms with Gasteiger partial charge in [0, 0.05) is 24.5 Å². The maximum atomic E-state index is 10.2. The number of methoxy groups -OCH3 is 1. The Morgan fingerprint density at radius 2 is 1.82 bits per heavy atom. The van der Waals surface area contributed by atoms with Crippen molar-refractivity contribution >= 4 is 16.7 Å². The van der Waals surface area contributed by atoms with Gasteiger partial charge in [-0.2, -0.15) is 15.1 Å². The third-order valence-electron chi connectivity index (χ3n) is 7.53. The summed E-state index contributed by atoms with van der Waals surface area (Å²) in [4.78, 5) is 13.7. The lowest BCUT2D eigenvalue weighted by Gasteiger charge is -2.44. The molecule has 5 heterocycles. The SMILES string of the molecule is COc1nc(N2CC(C)(O)C2)cc(-n2ncc3cc(C)c(C4CCN(C5COC5)CC4)cc32)n1. The van der Waals surface area contributed by atoms with Gasteiger partial charge in [0.15, 0.2) is 5.82 Å². The minimum absolute atomic E-state index is 0.294. The van der Waals surface area contributed by atoms with Crippen molar-refractivity contribution in [3.8, 4) is 11.8 Å². The van der Waals surface area contributed by atoms with Crippen molar-refractivity contribution in [2.45, 2.75) is 44.2 Å². The van der Waals surface area contributed by atoms with Crippen LogP contribution in [0.5, 0.6) is 6.01 Å². The van der Waals surface area contributed by atoms with Crippen LogP contribution in [0.25, 0.3) is 16.7 Å². The van der Waals surface area contributed by atoms with Crippen molar-refractivity contribution < 1.29 is 14.6 Å². The Hall–Kier alpha value is -2.75. The highest BCUT2D eigenvalue weighted by molar-refractivity contribution is 5.82. The minimum Gasteiger partial charge on any atom is -0.467 e. The van der Waals surface area contributed by atoms with Crippen molar-refractivity contribution in [3.63, 3.8) is 0 Å². The molecule has 34 heavy (non-hydrogen) atoms. The zero-order valence-corrected chi connectivity index (χ0v) is 20.1. The van der Waals surface area contributed by atoms with Gasteiger partial charge in [0.05, 0.1) is 43.7 Å². The molecule has 2 aromatic heterocycles. The van der Waals surface area contributed by atoms with E-state index >= 15 is 0 Å². The van der Waals surface area contributed by atoms with Gasteiger partial charge in [0.2, 0.25) is 0 Å². The zero-order valence-electron chi connectivity index (χ0n) is 20.1. The monoisotopic (exact) mass is 464 g/mol.